The molecule has 0 radical (unpaired) electrons. The van der Waals surface area contributed by atoms with E-state index in [4.69, 9.17) is 0 Å². The molecular formula is C19H25N3O4. The molecule has 0 saturated carbocycles. The van der Waals surface area contributed by atoms with Crippen LogP contribution in [0.5, 0.6) is 0 Å². The Balaban J connectivity index is 1.72. The summed E-state index contributed by atoms with van der Waals surface area (Å²) in [6, 6.07) is 7.03. The first-order valence-electron chi connectivity index (χ1n) is 9.24. The predicted octanol–water partition coefficient (Wildman–Crippen LogP) is 2.58. The average Bonchev–Trinajstić information content (AvgIpc) is 2.63. The number of nitrogens with one attached hydrogen (secondary N) is 2. The van der Waals surface area contributed by atoms with Crippen molar-refractivity contribution in [2.45, 2.75) is 63.1 Å². The van der Waals surface area contributed by atoms with Crippen molar-refractivity contribution in [3.63, 3.8) is 0 Å². The van der Waals surface area contributed by atoms with Crippen molar-refractivity contribution >= 4 is 23.6 Å². The van der Waals surface area contributed by atoms with Crippen LogP contribution in [-0.4, -0.2) is 46.0 Å². The minimum absolute atomic E-state index is 0.0425. The highest BCUT2D eigenvalue weighted by molar-refractivity contribution is 5.95. The number of amides is 3. The van der Waals surface area contributed by atoms with E-state index < -0.39 is 24.1 Å². The van der Waals surface area contributed by atoms with Gasteiger partial charge in [-0.2, -0.15) is 0 Å². The average molecular weight is 359 g/mol. The Kier molecular flexibility index (Phi) is 5.75. The molecule has 2 fully saturated rings. The molecule has 2 heterocycles. The summed E-state index contributed by atoms with van der Waals surface area (Å²) in [5, 5.41) is 15.0. The summed E-state index contributed by atoms with van der Waals surface area (Å²) in [4.78, 5) is 38.5. The Morgan fingerprint density at radius 2 is 1.69 bits per heavy atom. The maximum Gasteiger partial charge on any atom is 0.326 e. The Labute approximate surface area is 152 Å². The molecule has 1 aromatic rings. The van der Waals surface area contributed by atoms with Gasteiger partial charge in [-0.05, 0) is 44.2 Å². The van der Waals surface area contributed by atoms with Crippen LogP contribution in [0.25, 0.3) is 0 Å². The van der Waals surface area contributed by atoms with Crippen molar-refractivity contribution in [2.24, 2.45) is 0 Å². The second-order valence-electron chi connectivity index (χ2n) is 6.99. The summed E-state index contributed by atoms with van der Waals surface area (Å²) in [7, 11) is 0. The van der Waals surface area contributed by atoms with E-state index in [2.05, 4.69) is 10.6 Å². The Morgan fingerprint density at radius 3 is 2.42 bits per heavy atom. The van der Waals surface area contributed by atoms with Crippen LogP contribution in [0.1, 0.15) is 44.9 Å². The highest BCUT2D eigenvalue weighted by Crippen LogP contribution is 2.30. The number of para-hydroxylation sites is 1. The maximum atomic E-state index is 13.1. The summed E-state index contributed by atoms with van der Waals surface area (Å²) in [5.74, 6) is -1.24. The van der Waals surface area contributed by atoms with Crippen molar-refractivity contribution in [1.29, 1.82) is 0 Å². The minimum Gasteiger partial charge on any atom is -0.480 e. The molecule has 0 bridgehead atoms. The molecule has 3 rings (SSSR count). The van der Waals surface area contributed by atoms with Gasteiger partial charge in [0.25, 0.3) is 0 Å². The van der Waals surface area contributed by atoms with Gasteiger partial charge in [0.15, 0.2) is 0 Å². The van der Waals surface area contributed by atoms with Gasteiger partial charge in [-0.1, -0.05) is 31.0 Å². The van der Waals surface area contributed by atoms with E-state index in [-0.39, 0.29) is 11.9 Å². The van der Waals surface area contributed by atoms with Crippen LogP contribution in [0.15, 0.2) is 30.3 Å². The van der Waals surface area contributed by atoms with Crippen molar-refractivity contribution in [3.8, 4) is 0 Å². The van der Waals surface area contributed by atoms with E-state index in [1.165, 1.54) is 4.90 Å². The van der Waals surface area contributed by atoms with Crippen LogP contribution in [0, 0.1) is 0 Å². The quantitative estimate of drug-likeness (QED) is 0.772. The molecule has 3 N–H and O–H groups in total. The first kappa shape index (κ1) is 18.2. The largest absolute Gasteiger partial charge is 0.480 e. The number of aliphatic carboxylic acids is 1. The molecule has 1 aromatic carbocycles. The highest BCUT2D eigenvalue weighted by Gasteiger charge is 2.41. The van der Waals surface area contributed by atoms with Gasteiger partial charge >= 0.3 is 12.0 Å². The molecule has 3 atom stereocenters. The van der Waals surface area contributed by atoms with E-state index in [0.29, 0.717) is 18.5 Å². The molecule has 7 nitrogen and oxygen atoms in total. The standard InChI is InChI=1S/C19H25N3O4/c23-17-15(21-19(26)20-13-7-2-1-3-8-13)11-5-4-9-14-10-6-12-16(18(24)25)22(14)17/h1-3,7-8,14-16H,4-6,9-12H2,(H,24,25)(H2,20,21,26)/t14-,15-,16-/m0/s1. The minimum atomic E-state index is -0.962. The van der Waals surface area contributed by atoms with Crippen molar-refractivity contribution in [2.75, 3.05) is 5.32 Å². The number of urea groups is 1. The van der Waals surface area contributed by atoms with Crippen molar-refractivity contribution in [1.82, 2.24) is 10.2 Å². The molecule has 26 heavy (non-hydrogen) atoms. The first-order chi connectivity index (χ1) is 12.6. The number of carbonyl (C=O) groups excluding carboxylic acids is 2. The third kappa shape index (κ3) is 4.15. The normalized spacial score (nSPS) is 26.2. The number of benzene rings is 1. The second-order valence-corrected chi connectivity index (χ2v) is 6.99. The van der Waals surface area contributed by atoms with Gasteiger partial charge in [0.05, 0.1) is 0 Å². The first-order valence-corrected chi connectivity index (χ1v) is 9.24. The number of anilines is 1. The second kappa shape index (κ2) is 8.21. The molecule has 140 valence electrons. The van der Waals surface area contributed by atoms with Gasteiger partial charge in [-0.15, -0.1) is 0 Å². The zero-order valence-corrected chi connectivity index (χ0v) is 14.7. The van der Waals surface area contributed by atoms with E-state index >= 15 is 0 Å². The van der Waals surface area contributed by atoms with Gasteiger partial charge < -0.3 is 20.6 Å². The number of piperidine rings is 1. The fraction of sp³-hybridized carbons (Fsp3) is 0.526. The van der Waals surface area contributed by atoms with Gasteiger partial charge in [-0.3, -0.25) is 4.79 Å². The molecule has 2 saturated heterocycles. The van der Waals surface area contributed by atoms with Crippen LogP contribution in [0.2, 0.25) is 0 Å². The van der Waals surface area contributed by atoms with Crippen LogP contribution < -0.4 is 10.6 Å². The lowest BCUT2D eigenvalue weighted by molar-refractivity contribution is -0.156. The monoisotopic (exact) mass is 359 g/mol. The van der Waals surface area contributed by atoms with Crippen LogP contribution in [0.4, 0.5) is 10.5 Å². The van der Waals surface area contributed by atoms with Crippen molar-refractivity contribution in [3.05, 3.63) is 30.3 Å². The van der Waals surface area contributed by atoms with Crippen molar-refractivity contribution < 1.29 is 19.5 Å². The number of hydrogen-bond donors (Lipinski definition) is 3. The fourth-order valence-electron chi connectivity index (χ4n) is 3.95. The zero-order chi connectivity index (χ0) is 18.5. The van der Waals surface area contributed by atoms with E-state index in [1.807, 2.05) is 18.2 Å². The van der Waals surface area contributed by atoms with Gasteiger partial charge in [0.1, 0.15) is 12.1 Å². The molecule has 0 aromatic heterocycles. The third-order valence-electron chi connectivity index (χ3n) is 5.20. The molecule has 2 aliphatic rings. The van der Waals surface area contributed by atoms with Gasteiger partial charge in [-0.25, -0.2) is 9.59 Å². The van der Waals surface area contributed by atoms with Crippen LogP contribution >= 0.6 is 0 Å². The maximum absolute atomic E-state index is 13.1. The highest BCUT2D eigenvalue weighted by atomic mass is 16.4. The number of hydrogen-bond acceptors (Lipinski definition) is 3. The Bertz CT molecular complexity index is 664. The Morgan fingerprint density at radius 1 is 1.00 bits per heavy atom. The molecular weight excluding hydrogens is 334 g/mol. The van der Waals surface area contributed by atoms with Gasteiger partial charge in [0.2, 0.25) is 5.91 Å². The fourth-order valence-corrected chi connectivity index (χ4v) is 3.95. The number of fused-ring (bicyclic) bond motifs is 1. The summed E-state index contributed by atoms with van der Waals surface area (Å²) >= 11 is 0. The summed E-state index contributed by atoms with van der Waals surface area (Å²) in [5.41, 5.74) is 0.641. The molecule has 7 heteroatoms. The number of nitrogens with zero attached hydrogens (tertiary/aromatic N) is 1. The molecule has 2 aliphatic heterocycles. The van der Waals surface area contributed by atoms with Crippen LogP contribution in [0.3, 0.4) is 0 Å². The van der Waals surface area contributed by atoms with Gasteiger partial charge in [0, 0.05) is 11.7 Å². The lowest BCUT2D eigenvalue weighted by Gasteiger charge is -2.43. The number of carboxylic acids is 1. The number of carbonyl (C=O) groups is 3. The SMILES string of the molecule is O=C(Nc1ccccc1)N[C@H]1CCCC[C@H]2CCC[C@@H](C(=O)O)N2C1=O. The Hall–Kier alpha value is -2.57. The summed E-state index contributed by atoms with van der Waals surface area (Å²) < 4.78 is 0. The molecule has 0 aliphatic carbocycles. The molecule has 0 spiro atoms. The van der Waals surface area contributed by atoms with Crippen LogP contribution in [-0.2, 0) is 9.59 Å². The lowest BCUT2D eigenvalue weighted by Crippen LogP contribution is -2.60. The zero-order valence-electron chi connectivity index (χ0n) is 14.7. The topological polar surface area (TPSA) is 98.7 Å². The van der Waals surface area contributed by atoms with E-state index in [1.54, 1.807) is 12.1 Å². The number of rotatable bonds is 3. The smallest absolute Gasteiger partial charge is 0.326 e. The lowest BCUT2D eigenvalue weighted by atomic mass is 9.88. The third-order valence-corrected chi connectivity index (χ3v) is 5.20. The molecule has 3 amide bonds. The van der Waals surface area contributed by atoms with E-state index in [9.17, 15) is 19.5 Å². The number of carboxylic acid groups (broad SMARTS) is 1. The summed E-state index contributed by atoms with van der Waals surface area (Å²) in [6.45, 7) is 0. The predicted molar refractivity (Wildman–Crippen MR) is 96.8 cm³/mol. The summed E-state index contributed by atoms with van der Waals surface area (Å²) in [6.07, 6.45) is 5.25. The van der Waals surface area contributed by atoms with E-state index in [0.717, 1.165) is 32.1 Å². The molecule has 0 unspecified atom stereocenters.